The maximum atomic E-state index is 13.8. The Morgan fingerprint density at radius 2 is 1.86 bits per heavy atom. The maximum Gasteiger partial charge on any atom is 0.308 e. The highest BCUT2D eigenvalue weighted by Crippen LogP contribution is 2.25. The number of carbonyl (C=O) groups excluding carboxylic acids is 1. The number of aliphatic carboxylic acids is 1. The second-order valence-electron chi connectivity index (χ2n) is 5.22. The van der Waals surface area contributed by atoms with Crippen LogP contribution < -0.4 is 0 Å². The molecule has 5 heteroatoms. The van der Waals surface area contributed by atoms with Crippen molar-refractivity contribution in [3.8, 4) is 0 Å². The number of benzene rings is 2. The molecule has 0 spiro atoms. The van der Waals surface area contributed by atoms with Gasteiger partial charge in [0.2, 0.25) is 0 Å². The van der Waals surface area contributed by atoms with E-state index in [0.29, 0.717) is 29.3 Å². The van der Waals surface area contributed by atoms with Crippen molar-refractivity contribution in [2.24, 2.45) is 5.92 Å². The van der Waals surface area contributed by atoms with E-state index in [0.717, 1.165) is 0 Å². The van der Waals surface area contributed by atoms with Crippen LogP contribution in [0.2, 0.25) is 0 Å². The molecule has 1 aliphatic heterocycles. The van der Waals surface area contributed by atoms with Gasteiger partial charge >= 0.3 is 5.97 Å². The number of amides is 1. The number of halogens is 1. The van der Waals surface area contributed by atoms with E-state index >= 15 is 0 Å². The zero-order valence-electron chi connectivity index (χ0n) is 11.3. The van der Waals surface area contributed by atoms with Gasteiger partial charge in [-0.25, -0.2) is 4.39 Å². The van der Waals surface area contributed by atoms with Crippen molar-refractivity contribution in [2.45, 2.75) is 6.42 Å². The minimum Gasteiger partial charge on any atom is -0.481 e. The van der Waals surface area contributed by atoms with Gasteiger partial charge in [-0.15, -0.1) is 0 Å². The van der Waals surface area contributed by atoms with Gasteiger partial charge in [0.05, 0.1) is 5.92 Å². The van der Waals surface area contributed by atoms with E-state index in [4.69, 9.17) is 5.11 Å². The largest absolute Gasteiger partial charge is 0.481 e. The molecule has 2 aromatic rings. The highest BCUT2D eigenvalue weighted by molar-refractivity contribution is 6.07. The molecule has 3 rings (SSSR count). The first-order chi connectivity index (χ1) is 10.1. The lowest BCUT2D eigenvalue weighted by Crippen LogP contribution is -2.30. The molecule has 4 nitrogen and oxygen atoms in total. The van der Waals surface area contributed by atoms with E-state index in [1.165, 1.54) is 17.0 Å². The number of carboxylic acid groups (broad SMARTS) is 1. The molecule has 108 valence electrons. The van der Waals surface area contributed by atoms with Crippen LogP contribution in [0.15, 0.2) is 36.4 Å². The quantitative estimate of drug-likeness (QED) is 0.923. The summed E-state index contributed by atoms with van der Waals surface area (Å²) in [7, 11) is 0. The molecule has 1 atom stereocenters. The molecule has 2 aromatic carbocycles. The van der Waals surface area contributed by atoms with E-state index in [-0.39, 0.29) is 18.3 Å². The van der Waals surface area contributed by atoms with Crippen molar-refractivity contribution in [1.82, 2.24) is 4.90 Å². The molecule has 0 bridgehead atoms. The molecule has 1 N–H and O–H groups in total. The minimum absolute atomic E-state index is 0.208. The Bertz CT molecular complexity index is 729. The monoisotopic (exact) mass is 287 g/mol. The van der Waals surface area contributed by atoms with E-state index in [1.54, 1.807) is 24.3 Å². The second-order valence-corrected chi connectivity index (χ2v) is 5.22. The summed E-state index contributed by atoms with van der Waals surface area (Å²) in [4.78, 5) is 25.1. The predicted molar refractivity (Wildman–Crippen MR) is 75.6 cm³/mol. The summed E-state index contributed by atoms with van der Waals surface area (Å²) in [6.07, 6.45) is 0.459. The van der Waals surface area contributed by atoms with Gasteiger partial charge in [-0.3, -0.25) is 9.59 Å². The summed E-state index contributed by atoms with van der Waals surface area (Å²) < 4.78 is 13.8. The van der Waals surface area contributed by atoms with Crippen molar-refractivity contribution >= 4 is 22.6 Å². The second kappa shape index (κ2) is 5.16. The molecular formula is C16H14FNO3. The van der Waals surface area contributed by atoms with E-state index < -0.39 is 11.9 Å². The molecule has 1 amide bonds. The molecule has 0 saturated carbocycles. The Kier molecular flexibility index (Phi) is 3.33. The molecule has 1 saturated heterocycles. The Hall–Kier alpha value is -2.43. The SMILES string of the molecule is O=C(O)C1CCN(C(=O)c2ccc(F)c3ccccc23)C1. The lowest BCUT2D eigenvalue weighted by Gasteiger charge is -2.17. The van der Waals surface area contributed by atoms with E-state index in [1.807, 2.05) is 0 Å². The van der Waals surface area contributed by atoms with Crippen LogP contribution in [0.3, 0.4) is 0 Å². The number of hydrogen-bond acceptors (Lipinski definition) is 2. The average molecular weight is 287 g/mol. The van der Waals surface area contributed by atoms with Crippen LogP contribution in [0.25, 0.3) is 10.8 Å². The summed E-state index contributed by atoms with van der Waals surface area (Å²) in [5, 5.41) is 9.96. The highest BCUT2D eigenvalue weighted by atomic mass is 19.1. The first-order valence-corrected chi connectivity index (χ1v) is 6.77. The van der Waals surface area contributed by atoms with Gasteiger partial charge < -0.3 is 10.0 Å². The number of carbonyl (C=O) groups is 2. The first kappa shape index (κ1) is 13.5. The summed E-state index contributed by atoms with van der Waals surface area (Å²) >= 11 is 0. The zero-order valence-corrected chi connectivity index (χ0v) is 11.3. The fraction of sp³-hybridized carbons (Fsp3) is 0.250. The molecule has 1 heterocycles. The standard InChI is InChI=1S/C16H14FNO3/c17-14-6-5-13(11-3-1-2-4-12(11)14)15(19)18-8-7-10(9-18)16(20)21/h1-6,10H,7-9H2,(H,20,21). The summed E-state index contributed by atoms with van der Waals surface area (Å²) in [6.45, 7) is 0.626. The molecule has 0 aliphatic carbocycles. The summed E-state index contributed by atoms with van der Waals surface area (Å²) in [5.74, 6) is -2.00. The number of carboxylic acids is 1. The Balaban J connectivity index is 1.96. The van der Waals surface area contributed by atoms with Crippen molar-refractivity contribution < 1.29 is 19.1 Å². The molecule has 0 aromatic heterocycles. The van der Waals surface area contributed by atoms with Crippen molar-refractivity contribution in [1.29, 1.82) is 0 Å². The highest BCUT2D eigenvalue weighted by Gasteiger charge is 2.31. The Morgan fingerprint density at radius 1 is 1.14 bits per heavy atom. The average Bonchev–Trinajstić information content (AvgIpc) is 2.97. The van der Waals surface area contributed by atoms with Crippen molar-refractivity contribution in [3.63, 3.8) is 0 Å². The third-order valence-electron chi connectivity index (χ3n) is 3.93. The lowest BCUT2D eigenvalue weighted by molar-refractivity contribution is -0.141. The van der Waals surface area contributed by atoms with E-state index in [9.17, 15) is 14.0 Å². The van der Waals surface area contributed by atoms with Gasteiger partial charge in [0.15, 0.2) is 0 Å². The van der Waals surface area contributed by atoms with Gasteiger partial charge in [-0.05, 0) is 23.9 Å². The number of hydrogen-bond donors (Lipinski definition) is 1. The van der Waals surface area contributed by atoms with Crippen LogP contribution in [0.5, 0.6) is 0 Å². The van der Waals surface area contributed by atoms with Crippen molar-refractivity contribution in [3.05, 3.63) is 47.8 Å². The van der Waals surface area contributed by atoms with Gasteiger partial charge in [-0.2, -0.15) is 0 Å². The third kappa shape index (κ3) is 2.35. The molecular weight excluding hydrogens is 273 g/mol. The third-order valence-corrected chi connectivity index (χ3v) is 3.93. The zero-order chi connectivity index (χ0) is 15.0. The van der Waals surface area contributed by atoms with Crippen LogP contribution in [0.1, 0.15) is 16.8 Å². The summed E-state index contributed by atoms with van der Waals surface area (Å²) in [6, 6.07) is 9.55. The minimum atomic E-state index is -0.880. The fourth-order valence-electron chi connectivity index (χ4n) is 2.77. The molecule has 1 aliphatic rings. The number of nitrogens with zero attached hydrogens (tertiary/aromatic N) is 1. The van der Waals surface area contributed by atoms with Gasteiger partial charge in [0.25, 0.3) is 5.91 Å². The Labute approximate surface area is 120 Å². The van der Waals surface area contributed by atoms with Crippen LogP contribution in [-0.2, 0) is 4.79 Å². The molecule has 0 radical (unpaired) electrons. The molecule has 1 fully saturated rings. The van der Waals surface area contributed by atoms with Gasteiger partial charge in [0.1, 0.15) is 5.82 Å². The Morgan fingerprint density at radius 3 is 2.52 bits per heavy atom. The number of rotatable bonds is 2. The smallest absolute Gasteiger partial charge is 0.308 e. The maximum absolute atomic E-state index is 13.8. The topological polar surface area (TPSA) is 57.6 Å². The fourth-order valence-corrected chi connectivity index (χ4v) is 2.77. The number of likely N-dealkylation sites (tertiary alicyclic amines) is 1. The summed E-state index contributed by atoms with van der Waals surface area (Å²) in [5.41, 5.74) is 0.415. The van der Waals surface area contributed by atoms with E-state index in [2.05, 4.69) is 0 Å². The van der Waals surface area contributed by atoms with Crippen LogP contribution in [0, 0.1) is 11.7 Å². The van der Waals surface area contributed by atoms with Gasteiger partial charge in [0, 0.05) is 24.0 Å². The molecule has 21 heavy (non-hydrogen) atoms. The number of fused-ring (bicyclic) bond motifs is 1. The normalized spacial score (nSPS) is 18.1. The van der Waals surface area contributed by atoms with Crippen LogP contribution in [-0.4, -0.2) is 35.0 Å². The molecule has 1 unspecified atom stereocenters. The van der Waals surface area contributed by atoms with Crippen LogP contribution in [0.4, 0.5) is 4.39 Å². The predicted octanol–water partition coefficient (Wildman–Crippen LogP) is 2.53. The van der Waals surface area contributed by atoms with Crippen LogP contribution >= 0.6 is 0 Å². The van der Waals surface area contributed by atoms with Crippen molar-refractivity contribution in [2.75, 3.05) is 13.1 Å². The lowest BCUT2D eigenvalue weighted by atomic mass is 10.0. The van der Waals surface area contributed by atoms with Gasteiger partial charge in [-0.1, -0.05) is 24.3 Å². The first-order valence-electron chi connectivity index (χ1n) is 6.77.